The third-order valence-electron chi connectivity index (χ3n) is 10.1. The molecule has 2 aromatic carbocycles. The minimum atomic E-state index is -1.77. The first-order valence-corrected chi connectivity index (χ1v) is 16.7. The van der Waals surface area contributed by atoms with Crippen LogP contribution in [0.1, 0.15) is 37.8 Å². The average molecular weight is 677 g/mol. The van der Waals surface area contributed by atoms with E-state index < -0.39 is 34.9 Å². The van der Waals surface area contributed by atoms with Gasteiger partial charge in [0.05, 0.1) is 13.7 Å². The van der Waals surface area contributed by atoms with E-state index in [4.69, 9.17) is 14.3 Å². The van der Waals surface area contributed by atoms with Gasteiger partial charge in [0.15, 0.2) is 5.66 Å². The van der Waals surface area contributed by atoms with E-state index in [-0.39, 0.29) is 30.8 Å². The summed E-state index contributed by atoms with van der Waals surface area (Å²) < 4.78 is 45.0. The molecule has 3 fully saturated rings. The molecule has 1 N–H and O–H groups in total. The van der Waals surface area contributed by atoms with Gasteiger partial charge >= 0.3 is 6.03 Å². The summed E-state index contributed by atoms with van der Waals surface area (Å²) in [6, 6.07) is 12.3. The number of rotatable bonds is 10. The van der Waals surface area contributed by atoms with Crippen molar-refractivity contribution in [1.29, 1.82) is 0 Å². The van der Waals surface area contributed by atoms with Crippen LogP contribution in [0.5, 0.6) is 0 Å². The molecule has 1 aromatic heterocycles. The number of carbonyl (C=O) groups is 1. The number of carbonyl (C=O) groups excluding carboxylic acids is 1. The molecule has 4 heterocycles. The lowest BCUT2D eigenvalue weighted by atomic mass is 9.90. The van der Waals surface area contributed by atoms with E-state index in [9.17, 15) is 4.39 Å². The monoisotopic (exact) mass is 676 g/mol. The summed E-state index contributed by atoms with van der Waals surface area (Å²) in [5.74, 6) is -3.33. The van der Waals surface area contributed by atoms with E-state index in [2.05, 4.69) is 32.5 Å². The van der Waals surface area contributed by atoms with Gasteiger partial charge in [-0.1, -0.05) is 60.7 Å². The van der Waals surface area contributed by atoms with Gasteiger partial charge < -0.3 is 14.8 Å². The number of halogens is 2. The summed E-state index contributed by atoms with van der Waals surface area (Å²) in [6.07, 6.45) is 11.1. The summed E-state index contributed by atoms with van der Waals surface area (Å²) in [5, 5.41) is 11.0. The highest BCUT2D eigenvalue weighted by atomic mass is 19.1. The first-order chi connectivity index (χ1) is 23.8. The lowest BCUT2D eigenvalue weighted by molar-refractivity contribution is -0.355. The van der Waals surface area contributed by atoms with Gasteiger partial charge in [0.2, 0.25) is 5.79 Å². The Balaban J connectivity index is 1.43. The smallest absolute Gasteiger partial charge is 0.340 e. The molecule has 0 radical (unpaired) electrons. The van der Waals surface area contributed by atoms with Crippen LogP contribution in [0, 0.1) is 11.6 Å². The van der Waals surface area contributed by atoms with Crippen LogP contribution in [-0.2, 0) is 32.3 Å². The number of benzene rings is 2. The van der Waals surface area contributed by atoms with Gasteiger partial charge in [-0.05, 0) is 37.1 Å². The predicted octanol–water partition coefficient (Wildman–Crippen LogP) is 4.11. The number of hydroxylamine groups is 1. The van der Waals surface area contributed by atoms with Crippen LogP contribution >= 0.6 is 0 Å². The standard InChI is InChI=1S/C35H42F2N8O4/c1-4-26(2)43-32(46)44(33(15-9-6-10-16-33)41-19-17-38-18-20-41)45(47-3)35(43,27-11-7-5-8-12-27)31-22-48-34(49-31,23-42-25-39-24-40-42)29-14-13-28(36)21-30(29)37/h5-15,21,24-26,31,38H,4,16-20,22-23H2,1-3H3. The molecule has 4 aliphatic rings. The number of hydrazine groups is 1. The molecule has 7 rings (SSSR count). The average Bonchev–Trinajstić information content (AvgIpc) is 3.87. The van der Waals surface area contributed by atoms with E-state index in [1.807, 2.05) is 61.2 Å². The Hall–Kier alpha value is -4.05. The third kappa shape index (κ3) is 5.38. The van der Waals surface area contributed by atoms with Crippen molar-refractivity contribution < 1.29 is 27.9 Å². The van der Waals surface area contributed by atoms with Gasteiger partial charge in [-0.15, -0.1) is 0 Å². The SMILES string of the molecule is CCC(C)N1C(=O)N(C2(N3CCNCC3)C=CC=CC2)N(OC)C1(c1ccccc1)C1COC(Cn2cncn2)(c2ccc(F)cc2F)O1. The van der Waals surface area contributed by atoms with Crippen LogP contribution in [0.25, 0.3) is 0 Å². The first-order valence-electron chi connectivity index (χ1n) is 16.7. The Labute approximate surface area is 284 Å². The van der Waals surface area contributed by atoms with Crippen molar-refractivity contribution in [3.63, 3.8) is 0 Å². The molecule has 3 aromatic rings. The van der Waals surface area contributed by atoms with Crippen molar-refractivity contribution in [2.24, 2.45) is 0 Å². The highest BCUT2D eigenvalue weighted by Crippen LogP contribution is 2.53. The zero-order chi connectivity index (χ0) is 34.2. The number of nitrogens with one attached hydrogen (secondary N) is 1. The molecule has 1 aliphatic carbocycles. The summed E-state index contributed by atoms with van der Waals surface area (Å²) in [5.41, 5.74) is -1.65. The van der Waals surface area contributed by atoms with E-state index in [1.54, 1.807) is 17.3 Å². The van der Waals surface area contributed by atoms with E-state index in [0.29, 0.717) is 31.5 Å². The van der Waals surface area contributed by atoms with Gasteiger partial charge in [0, 0.05) is 50.3 Å². The summed E-state index contributed by atoms with van der Waals surface area (Å²) in [4.78, 5) is 29.9. The maximum absolute atomic E-state index is 15.7. The Kier molecular flexibility index (Phi) is 9.11. The molecule has 5 atom stereocenters. The fourth-order valence-corrected chi connectivity index (χ4v) is 7.74. The summed E-state index contributed by atoms with van der Waals surface area (Å²) in [7, 11) is 1.55. The highest BCUT2D eigenvalue weighted by molar-refractivity contribution is 5.79. The molecule has 3 aliphatic heterocycles. The van der Waals surface area contributed by atoms with E-state index in [1.165, 1.54) is 29.5 Å². The molecule has 260 valence electrons. The number of ether oxygens (including phenoxy) is 2. The number of allylic oxidation sites excluding steroid dienone is 2. The second kappa shape index (κ2) is 13.3. The molecule has 0 spiro atoms. The van der Waals surface area contributed by atoms with Gasteiger partial charge in [-0.25, -0.2) is 28.3 Å². The zero-order valence-electron chi connectivity index (χ0n) is 27.9. The fourth-order valence-electron chi connectivity index (χ4n) is 7.74. The van der Waals surface area contributed by atoms with Crippen LogP contribution < -0.4 is 5.32 Å². The Bertz CT molecular complexity index is 1690. The highest BCUT2D eigenvalue weighted by Gasteiger charge is 2.70. The summed E-state index contributed by atoms with van der Waals surface area (Å²) >= 11 is 0. The van der Waals surface area contributed by atoms with Crippen LogP contribution in [0.4, 0.5) is 13.6 Å². The molecule has 5 unspecified atom stereocenters. The Morgan fingerprint density at radius 1 is 1.12 bits per heavy atom. The maximum Gasteiger partial charge on any atom is 0.340 e. The van der Waals surface area contributed by atoms with E-state index in [0.717, 1.165) is 19.2 Å². The number of piperazine rings is 1. The third-order valence-corrected chi connectivity index (χ3v) is 10.1. The van der Waals surface area contributed by atoms with E-state index >= 15 is 9.18 Å². The van der Waals surface area contributed by atoms with Crippen molar-refractivity contribution in [3.05, 3.63) is 108 Å². The number of nitrogens with zero attached hydrogens (tertiary/aromatic N) is 7. The second-order valence-corrected chi connectivity index (χ2v) is 12.8. The van der Waals surface area contributed by atoms with Crippen molar-refractivity contribution in [3.8, 4) is 0 Å². The fraction of sp³-hybridized carbons (Fsp3) is 0.457. The maximum atomic E-state index is 15.7. The number of hydrogen-bond acceptors (Lipinski definition) is 9. The minimum Gasteiger partial charge on any atom is -0.341 e. The van der Waals surface area contributed by atoms with Crippen LogP contribution in [0.15, 0.2) is 85.5 Å². The Morgan fingerprint density at radius 2 is 1.92 bits per heavy atom. The van der Waals surface area contributed by atoms with Crippen molar-refractivity contribution >= 4 is 6.03 Å². The van der Waals surface area contributed by atoms with Gasteiger partial charge in [-0.2, -0.15) is 5.10 Å². The molecule has 49 heavy (non-hydrogen) atoms. The number of amides is 2. The molecule has 0 bridgehead atoms. The van der Waals surface area contributed by atoms with Gasteiger partial charge in [0.1, 0.15) is 42.6 Å². The van der Waals surface area contributed by atoms with Crippen molar-refractivity contribution in [2.45, 2.75) is 62.5 Å². The predicted molar refractivity (Wildman–Crippen MR) is 175 cm³/mol. The molecule has 2 amide bonds. The first kappa shape index (κ1) is 33.4. The van der Waals surface area contributed by atoms with Crippen molar-refractivity contribution in [1.82, 2.24) is 40.1 Å². The lowest BCUT2D eigenvalue weighted by Crippen LogP contribution is -2.69. The number of hydrogen-bond donors (Lipinski definition) is 1. The number of aromatic nitrogens is 3. The van der Waals surface area contributed by atoms with Gasteiger partial charge in [-0.3, -0.25) is 14.6 Å². The van der Waals surface area contributed by atoms with Crippen LogP contribution in [0.2, 0.25) is 0 Å². The largest absolute Gasteiger partial charge is 0.341 e. The second-order valence-electron chi connectivity index (χ2n) is 12.8. The zero-order valence-corrected chi connectivity index (χ0v) is 27.9. The van der Waals surface area contributed by atoms with Crippen LogP contribution in [-0.4, -0.2) is 98.5 Å². The molecular formula is C35H42F2N8O4. The molecule has 0 saturated carbocycles. The molecule has 12 nitrogen and oxygen atoms in total. The molecule has 3 saturated heterocycles. The number of urea groups is 1. The van der Waals surface area contributed by atoms with Crippen LogP contribution in [0.3, 0.4) is 0 Å². The quantitative estimate of drug-likeness (QED) is 0.340. The Morgan fingerprint density at radius 3 is 2.57 bits per heavy atom. The van der Waals surface area contributed by atoms with Crippen molar-refractivity contribution in [2.75, 3.05) is 39.9 Å². The molecular weight excluding hydrogens is 634 g/mol. The minimum absolute atomic E-state index is 0.00649. The lowest BCUT2D eigenvalue weighted by Gasteiger charge is -2.52. The topological polar surface area (TPSA) is 100 Å². The normalized spacial score (nSPS) is 30.1. The van der Waals surface area contributed by atoms with Gasteiger partial charge in [0.25, 0.3) is 0 Å². The summed E-state index contributed by atoms with van der Waals surface area (Å²) in [6.45, 7) is 6.79. The molecule has 14 heteroatoms.